The minimum Gasteiger partial charge on any atom is -0.497 e. The molecule has 0 aliphatic heterocycles. The van der Waals surface area contributed by atoms with E-state index < -0.39 is 21.7 Å². The van der Waals surface area contributed by atoms with E-state index in [9.17, 15) is 21.6 Å². The summed E-state index contributed by atoms with van der Waals surface area (Å²) >= 11 is 0. The molecule has 0 radical (unpaired) electrons. The lowest BCUT2D eigenvalue weighted by Gasteiger charge is -2.10. The molecular weight excluding hydrogens is 527 g/mol. The number of hydrogen-bond donors (Lipinski definition) is 1. The summed E-state index contributed by atoms with van der Waals surface area (Å²) in [5.74, 6) is 0.429. The summed E-state index contributed by atoms with van der Waals surface area (Å²) in [5.41, 5.74) is -0.506. The summed E-state index contributed by atoms with van der Waals surface area (Å²) in [6, 6.07) is 29.5. The SMILES string of the molecule is COc1ccc(C(=NO)C(F)(F)F)cc1.Cc1ccc(S(=O)(=O)c2cccc3cc4ccccc4cc23)cc1. The van der Waals surface area contributed by atoms with Crippen LogP contribution in [-0.2, 0) is 9.84 Å². The first-order valence-corrected chi connectivity index (χ1v) is 13.2. The van der Waals surface area contributed by atoms with Crippen LogP contribution in [0.15, 0.2) is 118 Å². The van der Waals surface area contributed by atoms with E-state index in [1.807, 2.05) is 61.5 Å². The quantitative estimate of drug-likeness (QED) is 0.108. The molecule has 0 aromatic heterocycles. The lowest BCUT2D eigenvalue weighted by Crippen LogP contribution is -2.23. The Hall–Kier alpha value is -4.37. The Labute approximate surface area is 223 Å². The number of halogens is 3. The van der Waals surface area contributed by atoms with Crippen molar-refractivity contribution in [3.8, 4) is 5.75 Å². The van der Waals surface area contributed by atoms with E-state index >= 15 is 0 Å². The van der Waals surface area contributed by atoms with Crippen LogP contribution in [0, 0.1) is 6.92 Å². The first kappa shape index (κ1) is 27.7. The van der Waals surface area contributed by atoms with E-state index in [0.29, 0.717) is 15.5 Å². The third-order valence-electron chi connectivity index (χ3n) is 6.06. The van der Waals surface area contributed by atoms with Gasteiger partial charge in [0.2, 0.25) is 9.84 Å². The van der Waals surface area contributed by atoms with Gasteiger partial charge < -0.3 is 9.94 Å². The van der Waals surface area contributed by atoms with Crippen molar-refractivity contribution in [3.63, 3.8) is 0 Å². The number of rotatable bonds is 4. The van der Waals surface area contributed by atoms with Crippen LogP contribution in [0.1, 0.15) is 11.1 Å². The van der Waals surface area contributed by atoms with Crippen molar-refractivity contribution in [2.45, 2.75) is 22.9 Å². The first-order valence-electron chi connectivity index (χ1n) is 11.7. The number of ether oxygens (including phenoxy) is 1. The zero-order chi connectivity index (χ0) is 28.2. The van der Waals surface area contributed by atoms with Crippen LogP contribution in [0.2, 0.25) is 0 Å². The van der Waals surface area contributed by atoms with E-state index in [0.717, 1.165) is 27.1 Å². The number of oxime groups is 1. The highest BCUT2D eigenvalue weighted by atomic mass is 32.2. The average molecular weight is 552 g/mol. The highest BCUT2D eigenvalue weighted by Crippen LogP contribution is 2.31. The van der Waals surface area contributed by atoms with Gasteiger partial charge in [-0.15, -0.1) is 0 Å². The second-order valence-electron chi connectivity index (χ2n) is 8.67. The van der Waals surface area contributed by atoms with Crippen molar-refractivity contribution in [3.05, 3.63) is 114 Å². The van der Waals surface area contributed by atoms with Crippen LogP contribution in [-0.4, -0.2) is 32.6 Å². The largest absolute Gasteiger partial charge is 0.497 e. The Morgan fingerprint density at radius 1 is 0.795 bits per heavy atom. The summed E-state index contributed by atoms with van der Waals surface area (Å²) in [5, 5.41) is 14.4. The topological polar surface area (TPSA) is 76.0 Å². The van der Waals surface area contributed by atoms with Gasteiger partial charge in [-0.1, -0.05) is 59.3 Å². The molecule has 0 amide bonds. The van der Waals surface area contributed by atoms with Gasteiger partial charge in [-0.25, -0.2) is 8.42 Å². The Bertz CT molecular complexity index is 1750. The van der Waals surface area contributed by atoms with Crippen LogP contribution in [0.4, 0.5) is 13.2 Å². The summed E-state index contributed by atoms with van der Waals surface area (Å²) in [7, 11) is -2.15. The smallest absolute Gasteiger partial charge is 0.437 e. The van der Waals surface area contributed by atoms with E-state index in [2.05, 4.69) is 5.16 Å². The summed E-state index contributed by atoms with van der Waals surface area (Å²) in [6.07, 6.45) is -4.68. The van der Waals surface area contributed by atoms with Crippen molar-refractivity contribution in [2.75, 3.05) is 7.11 Å². The van der Waals surface area contributed by atoms with Crippen LogP contribution in [0.3, 0.4) is 0 Å². The highest BCUT2D eigenvalue weighted by Gasteiger charge is 2.37. The zero-order valence-electron chi connectivity index (χ0n) is 21.0. The van der Waals surface area contributed by atoms with E-state index in [1.54, 1.807) is 24.3 Å². The molecule has 0 fully saturated rings. The number of methoxy groups -OCH3 is 1. The molecule has 0 saturated heterocycles. The number of nitrogens with zero attached hydrogens (tertiary/aromatic N) is 1. The number of alkyl halides is 3. The third-order valence-corrected chi connectivity index (χ3v) is 7.89. The van der Waals surface area contributed by atoms with Gasteiger partial charge in [0.1, 0.15) is 5.75 Å². The molecule has 1 N–H and O–H groups in total. The first-order chi connectivity index (χ1) is 18.5. The van der Waals surface area contributed by atoms with Crippen LogP contribution >= 0.6 is 0 Å². The van der Waals surface area contributed by atoms with Crippen LogP contribution < -0.4 is 4.74 Å². The highest BCUT2D eigenvalue weighted by molar-refractivity contribution is 7.91. The monoisotopic (exact) mass is 551 g/mol. The Kier molecular flexibility index (Phi) is 7.92. The molecule has 5 aromatic rings. The van der Waals surface area contributed by atoms with Crippen molar-refractivity contribution in [1.82, 2.24) is 0 Å². The van der Waals surface area contributed by atoms with Crippen LogP contribution in [0.5, 0.6) is 5.75 Å². The molecule has 0 spiro atoms. The normalized spacial score (nSPS) is 12.2. The van der Waals surface area contributed by atoms with Gasteiger partial charge in [0.15, 0.2) is 5.71 Å². The molecule has 0 heterocycles. The molecule has 0 bridgehead atoms. The van der Waals surface area contributed by atoms with Gasteiger partial charge in [0.05, 0.1) is 16.9 Å². The molecule has 9 heteroatoms. The second-order valence-corrected chi connectivity index (χ2v) is 10.6. The molecule has 5 aromatic carbocycles. The number of sulfone groups is 1. The number of benzene rings is 5. The van der Waals surface area contributed by atoms with E-state index in [4.69, 9.17) is 9.94 Å². The standard InChI is InChI=1S/C21H16O2S.C9H8F3NO2/c1-15-9-11-19(12-10-15)24(22,23)21-8-4-7-18-13-16-5-2-3-6-17(16)14-20(18)21;1-15-7-4-2-6(3-5-7)8(13-14)9(10,11)12/h2-14H,1H3;2-5,14H,1H3. The lowest BCUT2D eigenvalue weighted by molar-refractivity contribution is -0.0601. The van der Waals surface area contributed by atoms with Gasteiger partial charge in [0.25, 0.3) is 0 Å². The van der Waals surface area contributed by atoms with Gasteiger partial charge in [-0.05, 0) is 77.7 Å². The molecule has 39 heavy (non-hydrogen) atoms. The fourth-order valence-corrected chi connectivity index (χ4v) is 5.52. The predicted molar refractivity (Wildman–Crippen MR) is 145 cm³/mol. The molecule has 0 unspecified atom stereocenters. The summed E-state index contributed by atoms with van der Waals surface area (Å²) in [6.45, 7) is 1.94. The average Bonchev–Trinajstić information content (AvgIpc) is 2.92. The summed E-state index contributed by atoms with van der Waals surface area (Å²) < 4.78 is 67.8. The van der Waals surface area contributed by atoms with Gasteiger partial charge >= 0.3 is 6.18 Å². The van der Waals surface area contributed by atoms with E-state index in [1.165, 1.54) is 31.4 Å². The zero-order valence-corrected chi connectivity index (χ0v) is 21.8. The molecule has 0 aliphatic rings. The minimum absolute atomic E-state index is 0.217. The molecule has 0 atom stereocenters. The maximum Gasteiger partial charge on any atom is 0.437 e. The number of aryl methyl sites for hydroxylation is 1. The number of hydrogen-bond acceptors (Lipinski definition) is 5. The van der Waals surface area contributed by atoms with Crippen LogP contribution in [0.25, 0.3) is 21.5 Å². The Morgan fingerprint density at radius 3 is 1.95 bits per heavy atom. The minimum atomic E-state index is -4.68. The number of fused-ring (bicyclic) bond motifs is 2. The maximum absolute atomic E-state index is 13.1. The molecule has 0 saturated carbocycles. The van der Waals surface area contributed by atoms with Crippen molar-refractivity contribution in [2.24, 2.45) is 5.16 Å². The van der Waals surface area contributed by atoms with Crippen molar-refractivity contribution >= 4 is 37.1 Å². The van der Waals surface area contributed by atoms with Gasteiger partial charge in [0, 0.05) is 10.9 Å². The van der Waals surface area contributed by atoms with E-state index in [-0.39, 0.29) is 5.56 Å². The Balaban J connectivity index is 0.000000204. The second kappa shape index (κ2) is 11.2. The summed E-state index contributed by atoms with van der Waals surface area (Å²) in [4.78, 5) is 0.684. The molecule has 5 rings (SSSR count). The lowest BCUT2D eigenvalue weighted by atomic mass is 10.0. The molecule has 5 nitrogen and oxygen atoms in total. The predicted octanol–water partition coefficient (Wildman–Crippen LogP) is 7.57. The third kappa shape index (κ3) is 6.04. The fourth-order valence-electron chi connectivity index (χ4n) is 4.04. The van der Waals surface area contributed by atoms with Crippen molar-refractivity contribution < 1.29 is 31.5 Å². The van der Waals surface area contributed by atoms with Gasteiger partial charge in [-0.2, -0.15) is 13.2 Å². The fraction of sp³-hybridized carbons (Fsp3) is 0.100. The molecular formula is C30H24F3NO4S. The maximum atomic E-state index is 13.1. The Morgan fingerprint density at radius 2 is 1.38 bits per heavy atom. The molecule has 200 valence electrons. The van der Waals surface area contributed by atoms with Gasteiger partial charge in [-0.3, -0.25) is 0 Å². The molecule has 0 aliphatic carbocycles. The van der Waals surface area contributed by atoms with Crippen molar-refractivity contribution in [1.29, 1.82) is 0 Å².